The van der Waals surface area contributed by atoms with Crippen LogP contribution in [0.25, 0.3) is 0 Å². The van der Waals surface area contributed by atoms with Gasteiger partial charge in [-0.2, -0.15) is 0 Å². The number of nitrogens with zero attached hydrogens (tertiary/aromatic N) is 2. The van der Waals surface area contributed by atoms with Crippen molar-refractivity contribution in [2.45, 2.75) is 64.1 Å². The van der Waals surface area contributed by atoms with E-state index in [1.807, 2.05) is 25.7 Å². The van der Waals surface area contributed by atoms with Crippen molar-refractivity contribution >= 4 is 11.9 Å². The number of amides is 1. The molecule has 0 aromatic carbocycles. The van der Waals surface area contributed by atoms with E-state index < -0.39 is 16.9 Å². The normalized spacial score (nSPS) is 34.8. The van der Waals surface area contributed by atoms with Gasteiger partial charge in [0, 0.05) is 25.2 Å². The van der Waals surface area contributed by atoms with Crippen molar-refractivity contribution in [2.24, 2.45) is 5.41 Å². The minimum Gasteiger partial charge on any atom is -0.481 e. The molecule has 2 bridgehead atoms. The van der Waals surface area contributed by atoms with Gasteiger partial charge < -0.3 is 14.7 Å². The van der Waals surface area contributed by atoms with Crippen molar-refractivity contribution in [3.8, 4) is 0 Å². The smallest absolute Gasteiger partial charge is 0.311 e. The van der Waals surface area contributed by atoms with Crippen LogP contribution in [0.15, 0.2) is 0 Å². The summed E-state index contributed by atoms with van der Waals surface area (Å²) in [5.74, 6) is -0.655. The molecule has 3 aliphatic heterocycles. The summed E-state index contributed by atoms with van der Waals surface area (Å²) in [7, 11) is 0. The molecule has 0 aromatic rings. The number of fused-ring (bicyclic) bond motifs is 2. The Labute approximate surface area is 137 Å². The molecule has 3 saturated heterocycles. The maximum Gasteiger partial charge on any atom is 0.311 e. The van der Waals surface area contributed by atoms with Gasteiger partial charge in [0.05, 0.1) is 24.2 Å². The number of rotatable bonds is 4. The van der Waals surface area contributed by atoms with Gasteiger partial charge in [0.2, 0.25) is 5.91 Å². The summed E-state index contributed by atoms with van der Waals surface area (Å²) in [4.78, 5) is 29.3. The average molecular weight is 324 g/mol. The van der Waals surface area contributed by atoms with E-state index in [4.69, 9.17) is 4.74 Å². The largest absolute Gasteiger partial charge is 0.481 e. The summed E-state index contributed by atoms with van der Waals surface area (Å²) in [5, 5.41) is 9.77. The molecular formula is C17H28N2O4. The van der Waals surface area contributed by atoms with Gasteiger partial charge in [0.1, 0.15) is 0 Å². The lowest BCUT2D eigenvalue weighted by molar-refractivity contribution is -0.154. The van der Waals surface area contributed by atoms with Gasteiger partial charge in [-0.1, -0.05) is 6.92 Å². The first-order valence-electron chi connectivity index (χ1n) is 8.73. The maximum atomic E-state index is 13.3. The summed E-state index contributed by atoms with van der Waals surface area (Å²) >= 11 is 0. The average Bonchev–Trinajstić information content (AvgIpc) is 3.10. The molecule has 0 radical (unpaired) electrons. The number of hydrogen-bond donors (Lipinski definition) is 1. The van der Waals surface area contributed by atoms with E-state index in [0.29, 0.717) is 26.1 Å². The highest BCUT2D eigenvalue weighted by Gasteiger charge is 2.62. The molecule has 0 aliphatic carbocycles. The van der Waals surface area contributed by atoms with E-state index >= 15 is 0 Å². The Morgan fingerprint density at radius 1 is 1.26 bits per heavy atom. The molecule has 3 rings (SSSR count). The van der Waals surface area contributed by atoms with Crippen molar-refractivity contribution in [2.75, 3.05) is 26.3 Å². The molecule has 3 fully saturated rings. The second kappa shape index (κ2) is 5.74. The second-order valence-corrected chi connectivity index (χ2v) is 7.64. The minimum absolute atomic E-state index is 0.0866. The SMILES string of the molecule is CC[C@@]1(C(=O)O)C[C@@H]2CC[C@H]1N2C(=O)C(C)(C)N1CCOCC1. The van der Waals surface area contributed by atoms with Crippen molar-refractivity contribution in [3.05, 3.63) is 0 Å². The van der Waals surface area contributed by atoms with E-state index in [1.165, 1.54) is 0 Å². The van der Waals surface area contributed by atoms with Crippen LogP contribution in [0.1, 0.15) is 46.5 Å². The molecule has 0 unspecified atom stereocenters. The summed E-state index contributed by atoms with van der Waals surface area (Å²) in [6, 6.07) is -0.0633. The first-order chi connectivity index (χ1) is 10.8. The van der Waals surface area contributed by atoms with E-state index in [0.717, 1.165) is 25.9 Å². The highest BCUT2D eigenvalue weighted by molar-refractivity contribution is 5.88. The fourth-order valence-electron chi connectivity index (χ4n) is 4.82. The van der Waals surface area contributed by atoms with Crippen LogP contribution >= 0.6 is 0 Å². The van der Waals surface area contributed by atoms with Gasteiger partial charge in [0.25, 0.3) is 0 Å². The van der Waals surface area contributed by atoms with Crippen LogP contribution in [0.3, 0.4) is 0 Å². The molecule has 1 amide bonds. The van der Waals surface area contributed by atoms with Crippen LogP contribution in [0.4, 0.5) is 0 Å². The molecular weight excluding hydrogens is 296 g/mol. The molecule has 3 atom stereocenters. The molecule has 3 heterocycles. The van der Waals surface area contributed by atoms with Crippen molar-refractivity contribution in [1.82, 2.24) is 9.80 Å². The zero-order valence-electron chi connectivity index (χ0n) is 14.4. The van der Waals surface area contributed by atoms with Crippen molar-refractivity contribution < 1.29 is 19.4 Å². The van der Waals surface area contributed by atoms with Crippen molar-refractivity contribution in [3.63, 3.8) is 0 Å². The third-order valence-corrected chi connectivity index (χ3v) is 6.36. The van der Waals surface area contributed by atoms with Gasteiger partial charge in [0.15, 0.2) is 0 Å². The highest BCUT2D eigenvalue weighted by atomic mass is 16.5. The predicted molar refractivity (Wildman–Crippen MR) is 85.1 cm³/mol. The monoisotopic (exact) mass is 324 g/mol. The van der Waals surface area contributed by atoms with Gasteiger partial charge in [-0.15, -0.1) is 0 Å². The summed E-state index contributed by atoms with van der Waals surface area (Å²) in [6.45, 7) is 8.67. The van der Waals surface area contributed by atoms with E-state index in [1.54, 1.807) is 0 Å². The lowest BCUT2D eigenvalue weighted by Gasteiger charge is -2.43. The molecule has 3 aliphatic rings. The molecule has 6 heteroatoms. The summed E-state index contributed by atoms with van der Waals surface area (Å²) in [5.41, 5.74) is -1.35. The number of hydrogen-bond acceptors (Lipinski definition) is 4. The number of ether oxygens (including phenoxy) is 1. The number of carboxylic acid groups (broad SMARTS) is 1. The fraction of sp³-hybridized carbons (Fsp3) is 0.882. The van der Waals surface area contributed by atoms with Crippen LogP contribution in [0, 0.1) is 5.41 Å². The van der Waals surface area contributed by atoms with Gasteiger partial charge in [-0.05, 0) is 39.5 Å². The Bertz CT molecular complexity index is 501. The standard InChI is InChI=1S/C17H28N2O4/c1-4-17(15(21)22)11-12-5-6-13(17)19(12)14(20)16(2,3)18-7-9-23-10-8-18/h12-13H,4-11H2,1-3H3,(H,21,22)/t12-,13+,17+/m0/s1. The number of carbonyl (C=O) groups is 2. The molecule has 0 saturated carbocycles. The third-order valence-electron chi connectivity index (χ3n) is 6.36. The maximum absolute atomic E-state index is 13.3. The van der Waals surface area contributed by atoms with E-state index in [-0.39, 0.29) is 18.0 Å². The number of carbonyl (C=O) groups excluding carboxylic acids is 1. The minimum atomic E-state index is -0.750. The summed E-state index contributed by atoms with van der Waals surface area (Å²) in [6.07, 6.45) is 2.94. The lowest BCUT2D eigenvalue weighted by atomic mass is 9.72. The first-order valence-corrected chi connectivity index (χ1v) is 8.73. The summed E-state index contributed by atoms with van der Waals surface area (Å²) < 4.78 is 5.39. The Balaban J connectivity index is 1.84. The van der Waals surface area contributed by atoms with Crippen LogP contribution in [0.2, 0.25) is 0 Å². The fourth-order valence-corrected chi connectivity index (χ4v) is 4.82. The third kappa shape index (κ3) is 2.38. The van der Waals surface area contributed by atoms with Crippen LogP contribution in [-0.4, -0.2) is 70.7 Å². The molecule has 0 aromatic heterocycles. The van der Waals surface area contributed by atoms with Gasteiger partial charge in [-0.25, -0.2) is 0 Å². The number of morpholine rings is 1. The first kappa shape index (κ1) is 16.7. The predicted octanol–water partition coefficient (Wildman–Crippen LogP) is 1.34. The highest BCUT2D eigenvalue weighted by Crippen LogP contribution is 2.52. The molecule has 130 valence electrons. The molecule has 1 N–H and O–H groups in total. The molecule has 0 spiro atoms. The van der Waals surface area contributed by atoms with E-state index in [2.05, 4.69) is 4.90 Å². The van der Waals surface area contributed by atoms with Gasteiger partial charge >= 0.3 is 5.97 Å². The lowest BCUT2D eigenvalue weighted by Crippen LogP contribution is -2.60. The Morgan fingerprint density at radius 2 is 1.91 bits per heavy atom. The Morgan fingerprint density at radius 3 is 2.43 bits per heavy atom. The Kier molecular flexibility index (Phi) is 4.17. The van der Waals surface area contributed by atoms with Crippen LogP contribution < -0.4 is 0 Å². The molecule has 23 heavy (non-hydrogen) atoms. The van der Waals surface area contributed by atoms with Gasteiger partial charge in [-0.3, -0.25) is 14.5 Å². The number of aliphatic carboxylic acids is 1. The quantitative estimate of drug-likeness (QED) is 0.845. The zero-order chi connectivity index (χ0) is 16.8. The molecule has 6 nitrogen and oxygen atoms in total. The van der Waals surface area contributed by atoms with Crippen LogP contribution in [0.5, 0.6) is 0 Å². The topological polar surface area (TPSA) is 70.1 Å². The van der Waals surface area contributed by atoms with Crippen molar-refractivity contribution in [1.29, 1.82) is 0 Å². The Hall–Kier alpha value is -1.14. The van der Waals surface area contributed by atoms with Crippen LogP contribution in [-0.2, 0) is 14.3 Å². The zero-order valence-corrected chi connectivity index (χ0v) is 14.4. The van der Waals surface area contributed by atoms with E-state index in [9.17, 15) is 14.7 Å². The number of carboxylic acids is 1. The second-order valence-electron chi connectivity index (χ2n) is 7.64.